The van der Waals surface area contributed by atoms with Crippen LogP contribution in [0.5, 0.6) is 0 Å². The summed E-state index contributed by atoms with van der Waals surface area (Å²) >= 11 is 0. The quantitative estimate of drug-likeness (QED) is 0.874. The molecule has 0 saturated carbocycles. The Labute approximate surface area is 126 Å². The summed E-state index contributed by atoms with van der Waals surface area (Å²) in [6.45, 7) is 5.96. The first kappa shape index (κ1) is 16.0. The van der Waals surface area contributed by atoms with Crippen molar-refractivity contribution < 1.29 is 15.0 Å². The molecular weight excluding hydrogens is 266 g/mol. The number of likely N-dealkylation sites (tertiary alicyclic amines) is 1. The molecule has 1 saturated heterocycles. The van der Waals surface area contributed by atoms with Gasteiger partial charge in [-0.2, -0.15) is 0 Å². The summed E-state index contributed by atoms with van der Waals surface area (Å²) in [5, 5.41) is 19.9. The number of benzene rings is 1. The highest BCUT2D eigenvalue weighted by atomic mass is 16.4. The smallest absolute Gasteiger partial charge is 0.313 e. The van der Waals surface area contributed by atoms with Crippen LogP contribution >= 0.6 is 0 Å². The number of piperidine rings is 1. The van der Waals surface area contributed by atoms with Gasteiger partial charge in [-0.05, 0) is 30.9 Å². The Morgan fingerprint density at radius 2 is 2.14 bits per heavy atom. The Hall–Kier alpha value is -1.39. The van der Waals surface area contributed by atoms with Gasteiger partial charge in [0.05, 0.1) is 6.10 Å². The van der Waals surface area contributed by atoms with E-state index in [-0.39, 0.29) is 0 Å². The number of carboxylic acids is 1. The largest absolute Gasteiger partial charge is 0.481 e. The molecule has 116 valence electrons. The van der Waals surface area contributed by atoms with Crippen molar-refractivity contribution >= 4 is 5.97 Å². The van der Waals surface area contributed by atoms with Gasteiger partial charge in [0.25, 0.3) is 0 Å². The number of hydrogen-bond acceptors (Lipinski definition) is 3. The minimum atomic E-state index is -1.02. The fraction of sp³-hybridized carbons (Fsp3) is 0.588. The normalized spacial score (nSPS) is 26.7. The van der Waals surface area contributed by atoms with Crippen molar-refractivity contribution in [1.82, 2.24) is 4.90 Å². The van der Waals surface area contributed by atoms with E-state index >= 15 is 0 Å². The first-order chi connectivity index (χ1) is 9.99. The molecule has 1 heterocycles. The van der Waals surface area contributed by atoms with Gasteiger partial charge in [0.1, 0.15) is 5.41 Å². The van der Waals surface area contributed by atoms with E-state index in [1.54, 1.807) is 0 Å². The van der Waals surface area contributed by atoms with Crippen LogP contribution < -0.4 is 0 Å². The predicted octanol–water partition coefficient (Wildman–Crippen LogP) is 2.43. The molecule has 1 aromatic rings. The van der Waals surface area contributed by atoms with Gasteiger partial charge in [0.2, 0.25) is 0 Å². The molecule has 4 heteroatoms. The second-order valence-corrected chi connectivity index (χ2v) is 6.15. The van der Waals surface area contributed by atoms with E-state index in [0.29, 0.717) is 19.4 Å². The molecule has 2 rings (SSSR count). The molecule has 1 fully saturated rings. The van der Waals surface area contributed by atoms with Crippen molar-refractivity contribution in [3.8, 4) is 0 Å². The topological polar surface area (TPSA) is 60.8 Å². The number of hydrogen-bond donors (Lipinski definition) is 2. The third-order valence-electron chi connectivity index (χ3n) is 4.64. The van der Waals surface area contributed by atoms with Crippen molar-refractivity contribution in [3.63, 3.8) is 0 Å². The minimum Gasteiger partial charge on any atom is -0.481 e. The number of aliphatic carboxylic acids is 1. The Kier molecular flexibility index (Phi) is 5.01. The minimum absolute atomic E-state index is 0.422. The average Bonchev–Trinajstić information content (AvgIpc) is 2.45. The summed E-state index contributed by atoms with van der Waals surface area (Å²) in [7, 11) is 0. The van der Waals surface area contributed by atoms with E-state index in [0.717, 1.165) is 19.5 Å². The Bertz CT molecular complexity index is 503. The number of rotatable bonds is 5. The van der Waals surface area contributed by atoms with Gasteiger partial charge in [-0.15, -0.1) is 0 Å². The lowest BCUT2D eigenvalue weighted by Gasteiger charge is -2.43. The van der Waals surface area contributed by atoms with E-state index in [4.69, 9.17) is 0 Å². The monoisotopic (exact) mass is 291 g/mol. The maximum absolute atomic E-state index is 11.8. The van der Waals surface area contributed by atoms with Crippen LogP contribution in [0.25, 0.3) is 0 Å². The molecule has 0 unspecified atom stereocenters. The summed E-state index contributed by atoms with van der Waals surface area (Å²) in [4.78, 5) is 13.9. The molecule has 1 aliphatic heterocycles. The average molecular weight is 291 g/mol. The second-order valence-electron chi connectivity index (χ2n) is 6.15. The third-order valence-corrected chi connectivity index (χ3v) is 4.64. The van der Waals surface area contributed by atoms with Crippen LogP contribution in [-0.2, 0) is 11.3 Å². The summed E-state index contributed by atoms with van der Waals surface area (Å²) in [6.07, 6.45) is 1.07. The second kappa shape index (κ2) is 6.58. The number of aryl methyl sites for hydroxylation is 1. The van der Waals surface area contributed by atoms with Crippen LogP contribution in [-0.4, -0.2) is 40.3 Å². The zero-order valence-electron chi connectivity index (χ0n) is 12.9. The van der Waals surface area contributed by atoms with Crippen LogP contribution in [0.4, 0.5) is 0 Å². The predicted molar refractivity (Wildman–Crippen MR) is 82.1 cm³/mol. The number of aliphatic hydroxyl groups excluding tert-OH is 1. The maximum Gasteiger partial charge on any atom is 0.313 e. The van der Waals surface area contributed by atoms with Crippen LogP contribution in [0, 0.1) is 12.3 Å². The molecule has 21 heavy (non-hydrogen) atoms. The van der Waals surface area contributed by atoms with Gasteiger partial charge in [0, 0.05) is 19.6 Å². The fourth-order valence-corrected chi connectivity index (χ4v) is 3.34. The lowest BCUT2D eigenvalue weighted by molar-refractivity contribution is -0.164. The Morgan fingerprint density at radius 3 is 2.76 bits per heavy atom. The van der Waals surface area contributed by atoms with E-state index in [1.807, 2.05) is 19.1 Å². The van der Waals surface area contributed by atoms with Crippen LogP contribution in [0.1, 0.15) is 37.3 Å². The highest BCUT2D eigenvalue weighted by Crippen LogP contribution is 2.36. The van der Waals surface area contributed by atoms with Crippen LogP contribution in [0.2, 0.25) is 0 Å². The molecular formula is C17H25NO3. The summed E-state index contributed by atoms with van der Waals surface area (Å²) in [5.41, 5.74) is 1.43. The van der Waals surface area contributed by atoms with E-state index in [1.165, 1.54) is 11.1 Å². The van der Waals surface area contributed by atoms with Gasteiger partial charge >= 0.3 is 5.97 Å². The van der Waals surface area contributed by atoms with Gasteiger partial charge in [0.15, 0.2) is 0 Å². The molecule has 1 aliphatic rings. The molecule has 0 aliphatic carbocycles. The molecule has 1 aromatic carbocycles. The Balaban J connectivity index is 2.16. The number of carbonyl (C=O) groups is 1. The van der Waals surface area contributed by atoms with Gasteiger partial charge in [-0.1, -0.05) is 37.6 Å². The van der Waals surface area contributed by atoms with Crippen LogP contribution in [0.3, 0.4) is 0 Å². The maximum atomic E-state index is 11.8. The Morgan fingerprint density at radius 1 is 1.43 bits per heavy atom. The van der Waals surface area contributed by atoms with Gasteiger partial charge in [-0.25, -0.2) is 0 Å². The van der Waals surface area contributed by atoms with E-state index < -0.39 is 17.5 Å². The van der Waals surface area contributed by atoms with Crippen molar-refractivity contribution in [3.05, 3.63) is 35.4 Å². The molecule has 0 amide bonds. The molecule has 2 N–H and O–H groups in total. The van der Waals surface area contributed by atoms with Crippen molar-refractivity contribution in [2.24, 2.45) is 5.41 Å². The van der Waals surface area contributed by atoms with E-state index in [9.17, 15) is 15.0 Å². The van der Waals surface area contributed by atoms with Crippen molar-refractivity contribution in [1.29, 1.82) is 0 Å². The highest BCUT2D eigenvalue weighted by Gasteiger charge is 2.48. The first-order valence-corrected chi connectivity index (χ1v) is 7.68. The molecule has 0 aromatic heterocycles. The summed E-state index contributed by atoms with van der Waals surface area (Å²) in [6, 6.07) is 8.18. The standard InChI is InChI=1S/C17H25NO3/c1-3-9-17(16(20)21)12-18(10-8-15(17)19)11-14-7-5-4-6-13(14)2/h4-7,15,19H,3,8-12H2,1-2H3,(H,20,21)/t15-,17+/m0/s1. The molecule has 0 bridgehead atoms. The van der Waals surface area contributed by atoms with Crippen molar-refractivity contribution in [2.45, 2.75) is 45.8 Å². The zero-order valence-corrected chi connectivity index (χ0v) is 12.9. The summed E-state index contributed by atoms with van der Waals surface area (Å²) < 4.78 is 0. The molecule has 0 spiro atoms. The third kappa shape index (κ3) is 3.27. The van der Waals surface area contributed by atoms with E-state index in [2.05, 4.69) is 24.0 Å². The fourth-order valence-electron chi connectivity index (χ4n) is 3.34. The lowest BCUT2D eigenvalue weighted by atomic mass is 9.74. The lowest BCUT2D eigenvalue weighted by Crippen LogP contribution is -2.55. The first-order valence-electron chi connectivity index (χ1n) is 7.68. The SMILES string of the molecule is CCC[C@@]1(C(=O)O)CN(Cc2ccccc2C)CC[C@@H]1O. The molecule has 4 nitrogen and oxygen atoms in total. The molecule has 0 radical (unpaired) electrons. The van der Waals surface area contributed by atoms with Crippen LogP contribution in [0.15, 0.2) is 24.3 Å². The van der Waals surface area contributed by atoms with Gasteiger partial charge < -0.3 is 10.2 Å². The van der Waals surface area contributed by atoms with Crippen molar-refractivity contribution in [2.75, 3.05) is 13.1 Å². The number of aliphatic hydroxyl groups is 1. The number of nitrogens with zero attached hydrogens (tertiary/aromatic N) is 1. The summed E-state index contributed by atoms with van der Waals surface area (Å²) in [5.74, 6) is -0.869. The number of carboxylic acid groups (broad SMARTS) is 1. The molecule has 2 atom stereocenters. The zero-order chi connectivity index (χ0) is 15.5. The van der Waals surface area contributed by atoms with Gasteiger partial charge in [-0.3, -0.25) is 9.69 Å². The highest BCUT2D eigenvalue weighted by molar-refractivity contribution is 5.76.